The Hall–Kier alpha value is -2.60. The normalized spacial score (nSPS) is 10.2. The zero-order chi connectivity index (χ0) is 15.6. The van der Waals surface area contributed by atoms with Crippen molar-refractivity contribution in [3.8, 4) is 0 Å². The molecule has 0 aromatic heterocycles. The number of carboxylic acid groups (broad SMARTS) is 1. The number of nitro groups is 1. The lowest BCUT2D eigenvalue weighted by Crippen LogP contribution is -2.00. The first kappa shape index (κ1) is 14.8. The molecule has 6 nitrogen and oxygen atoms in total. The average molecular weight is 307 g/mol. The number of carbonyl (C=O) groups is 1. The Bertz CT molecular complexity index is 731. The summed E-state index contributed by atoms with van der Waals surface area (Å²) in [6.07, 6.45) is 0. The van der Waals surface area contributed by atoms with Gasteiger partial charge in [0, 0.05) is 23.0 Å². The van der Waals surface area contributed by atoms with Gasteiger partial charge in [-0.2, -0.15) is 0 Å². The van der Waals surface area contributed by atoms with E-state index in [0.717, 1.165) is 0 Å². The molecule has 0 aliphatic rings. The van der Waals surface area contributed by atoms with Crippen molar-refractivity contribution in [1.82, 2.24) is 0 Å². The van der Waals surface area contributed by atoms with Crippen LogP contribution in [0, 0.1) is 17.0 Å². The second-order valence-corrected chi connectivity index (χ2v) is 4.79. The molecule has 2 N–H and O–H groups in total. The fraction of sp³-hybridized carbons (Fsp3) is 0.0714. The first-order valence-electron chi connectivity index (χ1n) is 5.93. The molecule has 0 saturated carbocycles. The van der Waals surface area contributed by atoms with Gasteiger partial charge in [-0.25, -0.2) is 4.79 Å². The standard InChI is InChI=1S/C14H11ClN2O4/c1-8-6-9(3-5-13(8)17(20)21)16-10-2-4-12(15)11(7-10)14(18)19/h2-7,16H,1H3,(H,18,19). The van der Waals surface area contributed by atoms with Crippen molar-refractivity contribution < 1.29 is 14.8 Å². The van der Waals surface area contributed by atoms with Crippen LogP contribution in [0.15, 0.2) is 36.4 Å². The largest absolute Gasteiger partial charge is 0.478 e. The molecule has 21 heavy (non-hydrogen) atoms. The van der Waals surface area contributed by atoms with E-state index in [-0.39, 0.29) is 16.3 Å². The van der Waals surface area contributed by atoms with Crippen LogP contribution in [-0.4, -0.2) is 16.0 Å². The Morgan fingerprint density at radius 3 is 2.43 bits per heavy atom. The highest BCUT2D eigenvalue weighted by atomic mass is 35.5. The van der Waals surface area contributed by atoms with Crippen LogP contribution in [0.2, 0.25) is 5.02 Å². The van der Waals surface area contributed by atoms with E-state index in [0.29, 0.717) is 16.9 Å². The number of rotatable bonds is 4. The molecule has 2 rings (SSSR count). The molecule has 0 heterocycles. The second kappa shape index (κ2) is 5.80. The summed E-state index contributed by atoms with van der Waals surface area (Å²) >= 11 is 5.79. The lowest BCUT2D eigenvalue weighted by atomic mass is 10.1. The van der Waals surface area contributed by atoms with Crippen LogP contribution in [0.4, 0.5) is 17.1 Å². The monoisotopic (exact) mass is 306 g/mol. The lowest BCUT2D eigenvalue weighted by molar-refractivity contribution is -0.385. The number of nitro benzene ring substituents is 1. The molecule has 0 amide bonds. The first-order chi connectivity index (χ1) is 9.88. The van der Waals surface area contributed by atoms with Gasteiger partial charge in [-0.3, -0.25) is 10.1 Å². The van der Waals surface area contributed by atoms with Gasteiger partial charge in [-0.05, 0) is 37.3 Å². The average Bonchev–Trinajstić information content (AvgIpc) is 2.40. The highest BCUT2D eigenvalue weighted by Crippen LogP contribution is 2.26. The minimum absolute atomic E-state index is 0.0136. The topological polar surface area (TPSA) is 92.5 Å². The molecule has 2 aromatic carbocycles. The van der Waals surface area contributed by atoms with Crippen LogP contribution in [0.3, 0.4) is 0 Å². The van der Waals surface area contributed by atoms with Crippen molar-refractivity contribution in [2.24, 2.45) is 0 Å². The zero-order valence-electron chi connectivity index (χ0n) is 11.0. The molecule has 0 aliphatic carbocycles. The molecule has 2 aromatic rings. The molecule has 0 spiro atoms. The van der Waals surface area contributed by atoms with Gasteiger partial charge in [0.15, 0.2) is 0 Å². The summed E-state index contributed by atoms with van der Waals surface area (Å²) in [5.41, 5.74) is 1.68. The van der Waals surface area contributed by atoms with E-state index >= 15 is 0 Å². The molecule has 108 valence electrons. The summed E-state index contributed by atoms with van der Waals surface area (Å²) in [5.74, 6) is -1.12. The molecule has 0 radical (unpaired) electrons. The van der Waals surface area contributed by atoms with Gasteiger partial charge in [0.25, 0.3) is 5.69 Å². The predicted molar refractivity (Wildman–Crippen MR) is 79.5 cm³/mol. The molecule has 0 bridgehead atoms. The summed E-state index contributed by atoms with van der Waals surface area (Å²) < 4.78 is 0. The van der Waals surface area contributed by atoms with E-state index in [4.69, 9.17) is 16.7 Å². The molecular formula is C14H11ClN2O4. The Kier molecular flexibility index (Phi) is 4.09. The summed E-state index contributed by atoms with van der Waals surface area (Å²) in [5, 5.41) is 22.9. The third-order valence-electron chi connectivity index (χ3n) is 2.88. The molecule has 0 atom stereocenters. The number of nitrogens with one attached hydrogen (secondary N) is 1. The van der Waals surface area contributed by atoms with Gasteiger partial charge < -0.3 is 10.4 Å². The predicted octanol–water partition coefficient (Wildman–Crippen LogP) is 4.00. The van der Waals surface area contributed by atoms with E-state index in [1.54, 1.807) is 25.1 Å². The number of nitrogens with zero attached hydrogens (tertiary/aromatic N) is 1. The van der Waals surface area contributed by atoms with Gasteiger partial charge in [0.05, 0.1) is 15.5 Å². The minimum Gasteiger partial charge on any atom is -0.478 e. The Labute approximate surface area is 125 Å². The maximum absolute atomic E-state index is 11.0. The lowest BCUT2D eigenvalue weighted by Gasteiger charge is -2.09. The Morgan fingerprint density at radius 2 is 1.86 bits per heavy atom. The maximum Gasteiger partial charge on any atom is 0.337 e. The molecular weight excluding hydrogens is 296 g/mol. The molecule has 0 unspecified atom stereocenters. The molecule has 0 fully saturated rings. The number of carboxylic acids is 1. The highest BCUT2D eigenvalue weighted by molar-refractivity contribution is 6.33. The summed E-state index contributed by atoms with van der Waals surface area (Å²) in [6.45, 7) is 1.63. The summed E-state index contributed by atoms with van der Waals surface area (Å²) in [4.78, 5) is 21.3. The summed E-state index contributed by atoms with van der Waals surface area (Å²) in [6, 6.07) is 9.08. The fourth-order valence-corrected chi connectivity index (χ4v) is 2.07. The number of hydrogen-bond acceptors (Lipinski definition) is 4. The van der Waals surface area contributed by atoms with Crippen LogP contribution in [-0.2, 0) is 0 Å². The van der Waals surface area contributed by atoms with Crippen molar-refractivity contribution >= 4 is 34.6 Å². The van der Waals surface area contributed by atoms with Gasteiger partial charge >= 0.3 is 5.97 Å². The Balaban J connectivity index is 2.30. The smallest absolute Gasteiger partial charge is 0.337 e. The number of aromatic carboxylic acids is 1. The number of aryl methyl sites for hydroxylation is 1. The third-order valence-corrected chi connectivity index (χ3v) is 3.21. The van der Waals surface area contributed by atoms with Crippen molar-refractivity contribution in [2.75, 3.05) is 5.32 Å². The summed E-state index contributed by atoms with van der Waals surface area (Å²) in [7, 11) is 0. The third kappa shape index (κ3) is 3.29. The van der Waals surface area contributed by atoms with Crippen molar-refractivity contribution in [3.05, 3.63) is 62.7 Å². The van der Waals surface area contributed by atoms with Crippen LogP contribution in [0.25, 0.3) is 0 Å². The molecule has 0 aliphatic heterocycles. The number of anilines is 2. The van der Waals surface area contributed by atoms with Gasteiger partial charge in [-0.15, -0.1) is 0 Å². The minimum atomic E-state index is -1.12. The van der Waals surface area contributed by atoms with E-state index in [2.05, 4.69) is 5.32 Å². The zero-order valence-corrected chi connectivity index (χ0v) is 11.7. The fourth-order valence-electron chi connectivity index (χ4n) is 1.87. The van der Waals surface area contributed by atoms with Crippen LogP contribution in [0.5, 0.6) is 0 Å². The van der Waals surface area contributed by atoms with Crippen LogP contribution >= 0.6 is 11.6 Å². The van der Waals surface area contributed by atoms with Crippen molar-refractivity contribution in [1.29, 1.82) is 0 Å². The van der Waals surface area contributed by atoms with E-state index in [1.807, 2.05) is 0 Å². The van der Waals surface area contributed by atoms with E-state index in [9.17, 15) is 14.9 Å². The molecule has 0 saturated heterocycles. The first-order valence-corrected chi connectivity index (χ1v) is 6.31. The quantitative estimate of drug-likeness (QED) is 0.658. The van der Waals surface area contributed by atoms with E-state index in [1.165, 1.54) is 18.2 Å². The number of halogens is 1. The molecule has 7 heteroatoms. The van der Waals surface area contributed by atoms with Crippen molar-refractivity contribution in [2.45, 2.75) is 6.92 Å². The number of benzene rings is 2. The van der Waals surface area contributed by atoms with E-state index < -0.39 is 10.9 Å². The van der Waals surface area contributed by atoms with Gasteiger partial charge in [-0.1, -0.05) is 11.6 Å². The maximum atomic E-state index is 11.0. The van der Waals surface area contributed by atoms with Crippen LogP contribution < -0.4 is 5.32 Å². The number of hydrogen-bond donors (Lipinski definition) is 2. The van der Waals surface area contributed by atoms with Crippen molar-refractivity contribution in [3.63, 3.8) is 0 Å². The SMILES string of the molecule is Cc1cc(Nc2ccc(Cl)c(C(=O)O)c2)ccc1[N+](=O)[O-]. The Morgan fingerprint density at radius 1 is 1.24 bits per heavy atom. The highest BCUT2D eigenvalue weighted by Gasteiger charge is 2.12. The van der Waals surface area contributed by atoms with Crippen LogP contribution in [0.1, 0.15) is 15.9 Å². The van der Waals surface area contributed by atoms with Gasteiger partial charge in [0.2, 0.25) is 0 Å². The second-order valence-electron chi connectivity index (χ2n) is 4.38. The van der Waals surface area contributed by atoms with Gasteiger partial charge in [0.1, 0.15) is 0 Å².